The Kier molecular flexibility index (Phi) is 6.95. The van der Waals surface area contributed by atoms with Crippen molar-refractivity contribution >= 4 is 11.8 Å². The lowest BCUT2D eigenvalue weighted by Gasteiger charge is -2.34. The third kappa shape index (κ3) is 5.09. The number of nitrogens with one attached hydrogen (secondary N) is 2. The van der Waals surface area contributed by atoms with Crippen LogP contribution in [0.3, 0.4) is 0 Å². The zero-order valence-corrected chi connectivity index (χ0v) is 13.1. The number of amides is 2. The molecule has 1 aliphatic heterocycles. The van der Waals surface area contributed by atoms with E-state index in [1.807, 2.05) is 27.7 Å². The summed E-state index contributed by atoms with van der Waals surface area (Å²) in [5, 5.41) is 6.10. The van der Waals surface area contributed by atoms with E-state index in [0.29, 0.717) is 6.54 Å². The average molecular weight is 284 g/mol. The molecule has 6 heteroatoms. The largest absolute Gasteiger partial charge is 0.352 e. The SMILES string of the molecule is CCN(CC(=O)NC(C)C)C(=O)C(C)N1CCNCC1. The van der Waals surface area contributed by atoms with Crippen LogP contribution in [0.2, 0.25) is 0 Å². The number of nitrogens with zero attached hydrogens (tertiary/aromatic N) is 2. The zero-order valence-electron chi connectivity index (χ0n) is 13.1. The molecule has 1 aliphatic rings. The lowest BCUT2D eigenvalue weighted by atomic mass is 10.2. The molecular weight excluding hydrogens is 256 g/mol. The smallest absolute Gasteiger partial charge is 0.240 e. The first kappa shape index (κ1) is 16.9. The second-order valence-corrected chi connectivity index (χ2v) is 5.54. The van der Waals surface area contributed by atoms with Crippen LogP contribution in [0.25, 0.3) is 0 Å². The molecule has 1 unspecified atom stereocenters. The summed E-state index contributed by atoms with van der Waals surface area (Å²) in [7, 11) is 0. The highest BCUT2D eigenvalue weighted by molar-refractivity contribution is 5.87. The summed E-state index contributed by atoms with van der Waals surface area (Å²) in [4.78, 5) is 28.1. The van der Waals surface area contributed by atoms with Crippen LogP contribution < -0.4 is 10.6 Å². The van der Waals surface area contributed by atoms with E-state index in [-0.39, 0.29) is 30.4 Å². The van der Waals surface area contributed by atoms with Crippen LogP contribution in [-0.4, -0.2) is 73.0 Å². The Bertz CT molecular complexity index is 327. The summed E-state index contributed by atoms with van der Waals surface area (Å²) in [6, 6.07) is -0.0641. The van der Waals surface area contributed by atoms with Gasteiger partial charge in [-0.2, -0.15) is 0 Å². The Balaban J connectivity index is 2.54. The summed E-state index contributed by atoms with van der Waals surface area (Å²) in [5.74, 6) is -0.0592. The molecule has 0 spiro atoms. The zero-order chi connectivity index (χ0) is 15.1. The molecule has 2 N–H and O–H groups in total. The standard InChI is InChI=1S/C14H28N4O2/c1-5-17(10-13(19)16-11(2)3)14(20)12(4)18-8-6-15-7-9-18/h11-12,15H,5-10H2,1-4H3,(H,16,19). The first-order valence-corrected chi connectivity index (χ1v) is 7.48. The minimum atomic E-state index is -0.163. The van der Waals surface area contributed by atoms with Crippen LogP contribution >= 0.6 is 0 Å². The number of piperazine rings is 1. The Morgan fingerprint density at radius 1 is 1.25 bits per heavy atom. The molecule has 0 radical (unpaired) electrons. The van der Waals surface area contributed by atoms with Crippen molar-refractivity contribution in [2.45, 2.75) is 39.8 Å². The summed E-state index contributed by atoms with van der Waals surface area (Å²) < 4.78 is 0. The van der Waals surface area contributed by atoms with E-state index in [2.05, 4.69) is 15.5 Å². The van der Waals surface area contributed by atoms with Gasteiger partial charge < -0.3 is 15.5 Å². The second-order valence-electron chi connectivity index (χ2n) is 5.54. The first-order valence-electron chi connectivity index (χ1n) is 7.48. The lowest BCUT2D eigenvalue weighted by molar-refractivity contribution is -0.140. The van der Waals surface area contributed by atoms with E-state index >= 15 is 0 Å². The van der Waals surface area contributed by atoms with Gasteiger partial charge in [-0.3, -0.25) is 14.5 Å². The van der Waals surface area contributed by atoms with Gasteiger partial charge in [-0.05, 0) is 27.7 Å². The van der Waals surface area contributed by atoms with E-state index in [1.165, 1.54) is 0 Å². The van der Waals surface area contributed by atoms with Crippen molar-refractivity contribution in [1.82, 2.24) is 20.4 Å². The van der Waals surface area contributed by atoms with Crippen LogP contribution in [-0.2, 0) is 9.59 Å². The minimum absolute atomic E-state index is 0.0355. The Morgan fingerprint density at radius 3 is 2.35 bits per heavy atom. The van der Waals surface area contributed by atoms with Gasteiger partial charge in [0.15, 0.2) is 0 Å². The third-order valence-corrected chi connectivity index (χ3v) is 3.53. The quantitative estimate of drug-likeness (QED) is 0.700. The monoisotopic (exact) mass is 284 g/mol. The predicted molar refractivity (Wildman–Crippen MR) is 79.4 cm³/mol. The fourth-order valence-corrected chi connectivity index (χ4v) is 2.38. The molecule has 0 saturated carbocycles. The normalized spacial score (nSPS) is 17.9. The minimum Gasteiger partial charge on any atom is -0.352 e. The van der Waals surface area contributed by atoms with Crippen molar-refractivity contribution in [1.29, 1.82) is 0 Å². The van der Waals surface area contributed by atoms with E-state index in [4.69, 9.17) is 0 Å². The topological polar surface area (TPSA) is 64.7 Å². The summed E-state index contributed by atoms with van der Waals surface area (Å²) >= 11 is 0. The third-order valence-electron chi connectivity index (χ3n) is 3.53. The molecule has 0 aromatic carbocycles. The van der Waals surface area contributed by atoms with Gasteiger partial charge in [0.05, 0.1) is 12.6 Å². The van der Waals surface area contributed by atoms with Crippen molar-refractivity contribution < 1.29 is 9.59 Å². The predicted octanol–water partition coefficient (Wildman–Crippen LogP) is -0.347. The molecule has 2 amide bonds. The molecule has 0 aromatic heterocycles. The number of hydrogen-bond donors (Lipinski definition) is 2. The summed E-state index contributed by atoms with van der Waals surface area (Å²) in [6.45, 7) is 12.0. The van der Waals surface area contributed by atoms with Crippen molar-refractivity contribution in [3.8, 4) is 0 Å². The highest BCUT2D eigenvalue weighted by Crippen LogP contribution is 2.05. The van der Waals surface area contributed by atoms with Gasteiger partial charge in [0.2, 0.25) is 11.8 Å². The van der Waals surface area contributed by atoms with E-state index < -0.39 is 0 Å². The van der Waals surface area contributed by atoms with Crippen LogP contribution in [0.1, 0.15) is 27.7 Å². The van der Waals surface area contributed by atoms with Crippen LogP contribution in [0, 0.1) is 0 Å². The van der Waals surface area contributed by atoms with Gasteiger partial charge in [0.25, 0.3) is 0 Å². The number of carbonyl (C=O) groups excluding carboxylic acids is 2. The maximum Gasteiger partial charge on any atom is 0.240 e. The summed E-state index contributed by atoms with van der Waals surface area (Å²) in [6.07, 6.45) is 0. The van der Waals surface area contributed by atoms with Crippen LogP contribution in [0.4, 0.5) is 0 Å². The van der Waals surface area contributed by atoms with Gasteiger partial charge in [-0.25, -0.2) is 0 Å². The Hall–Kier alpha value is -1.14. The maximum absolute atomic E-state index is 12.5. The molecule has 1 atom stereocenters. The molecule has 0 bridgehead atoms. The second kappa shape index (κ2) is 8.21. The van der Waals surface area contributed by atoms with Gasteiger partial charge in [0, 0.05) is 38.8 Å². The fourth-order valence-electron chi connectivity index (χ4n) is 2.38. The Labute approximate surface area is 121 Å². The highest BCUT2D eigenvalue weighted by Gasteiger charge is 2.27. The van der Waals surface area contributed by atoms with Crippen LogP contribution in [0.5, 0.6) is 0 Å². The van der Waals surface area contributed by atoms with E-state index in [1.54, 1.807) is 4.90 Å². The number of carbonyl (C=O) groups is 2. The highest BCUT2D eigenvalue weighted by atomic mass is 16.2. The van der Waals surface area contributed by atoms with Crippen molar-refractivity contribution in [2.75, 3.05) is 39.3 Å². The van der Waals surface area contributed by atoms with Gasteiger partial charge in [0.1, 0.15) is 0 Å². The Morgan fingerprint density at radius 2 is 1.85 bits per heavy atom. The number of hydrogen-bond acceptors (Lipinski definition) is 4. The van der Waals surface area contributed by atoms with Crippen molar-refractivity contribution in [3.63, 3.8) is 0 Å². The lowest BCUT2D eigenvalue weighted by Crippen LogP contribution is -2.54. The van der Waals surface area contributed by atoms with Gasteiger partial charge in [-0.15, -0.1) is 0 Å². The molecular formula is C14H28N4O2. The van der Waals surface area contributed by atoms with Gasteiger partial charge in [-0.1, -0.05) is 0 Å². The molecule has 1 saturated heterocycles. The van der Waals surface area contributed by atoms with Crippen LogP contribution in [0.15, 0.2) is 0 Å². The molecule has 0 aliphatic carbocycles. The first-order chi connectivity index (χ1) is 9.45. The number of likely N-dealkylation sites (N-methyl/N-ethyl adjacent to an activating group) is 1. The number of rotatable bonds is 6. The molecule has 116 valence electrons. The maximum atomic E-state index is 12.5. The van der Waals surface area contributed by atoms with Crippen molar-refractivity contribution in [3.05, 3.63) is 0 Å². The molecule has 0 aromatic rings. The fraction of sp³-hybridized carbons (Fsp3) is 0.857. The molecule has 1 rings (SSSR count). The van der Waals surface area contributed by atoms with Gasteiger partial charge >= 0.3 is 0 Å². The molecule has 20 heavy (non-hydrogen) atoms. The average Bonchev–Trinajstić information content (AvgIpc) is 2.43. The molecule has 6 nitrogen and oxygen atoms in total. The summed E-state index contributed by atoms with van der Waals surface area (Å²) in [5.41, 5.74) is 0. The molecule has 1 heterocycles. The van der Waals surface area contributed by atoms with Crippen molar-refractivity contribution in [2.24, 2.45) is 0 Å². The molecule has 1 fully saturated rings. The van der Waals surface area contributed by atoms with E-state index in [0.717, 1.165) is 26.2 Å². The van der Waals surface area contributed by atoms with E-state index in [9.17, 15) is 9.59 Å².